The lowest BCUT2D eigenvalue weighted by molar-refractivity contribution is 0.102. The fourth-order valence-corrected chi connectivity index (χ4v) is 4.59. The number of para-hydroxylation sites is 1. The lowest BCUT2D eigenvalue weighted by Gasteiger charge is -2.27. The molecule has 1 aromatic carbocycles. The van der Waals surface area contributed by atoms with Crippen molar-refractivity contribution in [3.8, 4) is 11.3 Å². The molecular weight excluding hydrogens is 410 g/mol. The first-order valence-electron chi connectivity index (χ1n) is 10.8. The van der Waals surface area contributed by atoms with Crippen LogP contribution in [-0.2, 0) is 6.54 Å². The van der Waals surface area contributed by atoms with Gasteiger partial charge in [0, 0.05) is 36.3 Å². The molecule has 1 fully saturated rings. The molecule has 31 heavy (non-hydrogen) atoms. The molecule has 4 rings (SSSR count). The van der Waals surface area contributed by atoms with E-state index in [4.69, 9.17) is 11.6 Å². The lowest BCUT2D eigenvalue weighted by atomic mass is 9.88. The molecule has 0 aliphatic heterocycles. The Hall–Kier alpha value is -2.92. The van der Waals surface area contributed by atoms with Crippen LogP contribution in [0, 0.1) is 12.8 Å². The van der Waals surface area contributed by atoms with E-state index in [1.807, 2.05) is 19.1 Å². The molecule has 0 bridgehead atoms. The van der Waals surface area contributed by atoms with E-state index in [2.05, 4.69) is 14.9 Å². The van der Waals surface area contributed by atoms with Gasteiger partial charge in [0.25, 0.3) is 5.91 Å². The van der Waals surface area contributed by atoms with Crippen LogP contribution in [0.25, 0.3) is 11.3 Å². The molecule has 2 heterocycles. The van der Waals surface area contributed by atoms with Crippen LogP contribution in [0.5, 0.6) is 0 Å². The zero-order chi connectivity index (χ0) is 21.8. The van der Waals surface area contributed by atoms with Gasteiger partial charge in [-0.15, -0.1) is 0 Å². The highest BCUT2D eigenvalue weighted by Gasteiger charge is 2.24. The number of nitrogens with zero attached hydrogens (tertiary/aromatic N) is 2. The summed E-state index contributed by atoms with van der Waals surface area (Å²) >= 11 is 6.23. The third-order valence-corrected chi connectivity index (χ3v) is 6.32. The first kappa shape index (κ1) is 21.3. The summed E-state index contributed by atoms with van der Waals surface area (Å²) in [6.07, 6.45) is 9.45. The van der Waals surface area contributed by atoms with Crippen LogP contribution in [0.15, 0.2) is 59.7 Å². The fraction of sp³-hybridized carbons (Fsp3) is 0.320. The summed E-state index contributed by atoms with van der Waals surface area (Å²) < 4.78 is 2.13. The average Bonchev–Trinajstić information content (AvgIpc) is 2.78. The van der Waals surface area contributed by atoms with Crippen LogP contribution in [0.4, 0.5) is 5.69 Å². The standard InChI is InChI=1S/C25H26ClN3O2/c1-17-15-22(30)23(25(31)28-21-10-6-5-9-20(21)26)24(19-11-13-27-14-12-19)29(17)16-18-7-3-2-4-8-18/h5-6,9-15,18H,2-4,7-8,16H2,1H3,(H,28,31). The van der Waals surface area contributed by atoms with Crippen molar-refractivity contribution < 1.29 is 4.79 Å². The summed E-state index contributed by atoms with van der Waals surface area (Å²) in [6.45, 7) is 2.72. The molecule has 160 valence electrons. The smallest absolute Gasteiger partial charge is 0.261 e. The minimum atomic E-state index is -0.456. The van der Waals surface area contributed by atoms with Crippen molar-refractivity contribution in [1.29, 1.82) is 0 Å². The van der Waals surface area contributed by atoms with Crippen molar-refractivity contribution in [2.45, 2.75) is 45.6 Å². The van der Waals surface area contributed by atoms with Crippen molar-refractivity contribution in [1.82, 2.24) is 9.55 Å². The van der Waals surface area contributed by atoms with E-state index in [9.17, 15) is 9.59 Å². The van der Waals surface area contributed by atoms with Crippen LogP contribution >= 0.6 is 11.6 Å². The van der Waals surface area contributed by atoms with Crippen LogP contribution < -0.4 is 10.7 Å². The number of aryl methyl sites for hydroxylation is 1. The second-order valence-corrected chi connectivity index (χ2v) is 8.57. The highest BCUT2D eigenvalue weighted by molar-refractivity contribution is 6.34. The molecular formula is C25H26ClN3O2. The molecule has 0 atom stereocenters. The predicted molar refractivity (Wildman–Crippen MR) is 125 cm³/mol. The zero-order valence-corrected chi connectivity index (χ0v) is 18.4. The molecule has 1 aliphatic rings. The number of nitrogens with one attached hydrogen (secondary N) is 1. The van der Waals surface area contributed by atoms with Gasteiger partial charge >= 0.3 is 0 Å². The van der Waals surface area contributed by atoms with E-state index >= 15 is 0 Å². The molecule has 0 saturated heterocycles. The van der Waals surface area contributed by atoms with Gasteiger partial charge in [-0.2, -0.15) is 0 Å². The van der Waals surface area contributed by atoms with Gasteiger partial charge in [-0.1, -0.05) is 43.0 Å². The van der Waals surface area contributed by atoms with Gasteiger partial charge in [-0.25, -0.2) is 0 Å². The van der Waals surface area contributed by atoms with E-state index in [1.54, 1.807) is 42.7 Å². The van der Waals surface area contributed by atoms with Gasteiger partial charge in [0.1, 0.15) is 5.56 Å². The molecule has 1 saturated carbocycles. The SMILES string of the molecule is Cc1cc(=O)c(C(=O)Nc2ccccc2Cl)c(-c2ccncc2)n1CC1CCCCC1. The van der Waals surface area contributed by atoms with Crippen LogP contribution in [0.2, 0.25) is 5.02 Å². The molecule has 0 spiro atoms. The van der Waals surface area contributed by atoms with E-state index in [0.717, 1.165) is 17.8 Å². The highest BCUT2D eigenvalue weighted by atomic mass is 35.5. The molecule has 5 nitrogen and oxygen atoms in total. The Bertz CT molecular complexity index is 1140. The largest absolute Gasteiger partial charge is 0.344 e. The molecule has 2 aromatic heterocycles. The number of halogens is 1. The quantitative estimate of drug-likeness (QED) is 0.558. The number of benzene rings is 1. The fourth-order valence-electron chi connectivity index (χ4n) is 4.41. The van der Waals surface area contributed by atoms with Gasteiger partial charge in [0.05, 0.1) is 16.4 Å². The normalized spacial score (nSPS) is 14.4. The summed E-state index contributed by atoms with van der Waals surface area (Å²) in [5, 5.41) is 3.25. The summed E-state index contributed by atoms with van der Waals surface area (Å²) in [7, 11) is 0. The Balaban J connectivity index is 1.83. The van der Waals surface area contributed by atoms with Gasteiger partial charge in [-0.3, -0.25) is 14.6 Å². The summed E-state index contributed by atoms with van der Waals surface area (Å²) in [4.78, 5) is 30.5. The maximum absolute atomic E-state index is 13.3. The number of aromatic nitrogens is 2. The minimum absolute atomic E-state index is 0.132. The Kier molecular flexibility index (Phi) is 6.52. The van der Waals surface area contributed by atoms with Crippen molar-refractivity contribution in [3.63, 3.8) is 0 Å². The van der Waals surface area contributed by atoms with E-state index in [0.29, 0.717) is 22.3 Å². The monoisotopic (exact) mass is 435 g/mol. The Morgan fingerprint density at radius 2 is 1.84 bits per heavy atom. The van der Waals surface area contributed by atoms with Crippen LogP contribution in [-0.4, -0.2) is 15.5 Å². The molecule has 0 radical (unpaired) electrons. The molecule has 1 N–H and O–H groups in total. The summed E-state index contributed by atoms with van der Waals surface area (Å²) in [5.41, 5.74) is 2.62. The predicted octanol–water partition coefficient (Wildman–Crippen LogP) is 5.70. The van der Waals surface area contributed by atoms with Gasteiger partial charge in [-0.05, 0) is 49.9 Å². The minimum Gasteiger partial charge on any atom is -0.344 e. The van der Waals surface area contributed by atoms with Crippen molar-refractivity contribution in [2.24, 2.45) is 5.92 Å². The first-order valence-corrected chi connectivity index (χ1v) is 11.1. The molecule has 0 unspecified atom stereocenters. The van der Waals surface area contributed by atoms with Crippen molar-refractivity contribution in [2.75, 3.05) is 5.32 Å². The second kappa shape index (κ2) is 9.48. The number of hydrogen-bond donors (Lipinski definition) is 1. The molecule has 1 aliphatic carbocycles. The number of pyridine rings is 2. The topological polar surface area (TPSA) is 64.0 Å². The number of rotatable bonds is 5. The number of amides is 1. The Labute approximate surface area is 187 Å². The summed E-state index contributed by atoms with van der Waals surface area (Å²) in [6, 6.07) is 12.3. The van der Waals surface area contributed by atoms with Crippen LogP contribution in [0.1, 0.15) is 48.2 Å². The molecule has 6 heteroatoms. The van der Waals surface area contributed by atoms with Crippen LogP contribution in [0.3, 0.4) is 0 Å². The Morgan fingerprint density at radius 1 is 1.13 bits per heavy atom. The maximum atomic E-state index is 13.3. The third kappa shape index (κ3) is 4.72. The lowest BCUT2D eigenvalue weighted by Crippen LogP contribution is -2.28. The highest BCUT2D eigenvalue weighted by Crippen LogP contribution is 2.30. The van der Waals surface area contributed by atoms with Gasteiger partial charge in [0.15, 0.2) is 5.43 Å². The average molecular weight is 436 g/mol. The second-order valence-electron chi connectivity index (χ2n) is 8.16. The Morgan fingerprint density at radius 3 is 2.55 bits per heavy atom. The molecule has 1 amide bonds. The summed E-state index contributed by atoms with van der Waals surface area (Å²) in [5.74, 6) is 0.0809. The van der Waals surface area contributed by atoms with Crippen molar-refractivity contribution in [3.05, 3.63) is 81.4 Å². The van der Waals surface area contributed by atoms with Gasteiger partial charge < -0.3 is 9.88 Å². The number of hydrogen-bond acceptors (Lipinski definition) is 3. The van der Waals surface area contributed by atoms with E-state index in [-0.39, 0.29) is 11.0 Å². The third-order valence-electron chi connectivity index (χ3n) is 5.99. The first-order chi connectivity index (χ1) is 15.0. The van der Waals surface area contributed by atoms with Gasteiger partial charge in [0.2, 0.25) is 0 Å². The maximum Gasteiger partial charge on any atom is 0.261 e. The number of anilines is 1. The molecule has 3 aromatic rings. The van der Waals surface area contributed by atoms with E-state index < -0.39 is 5.91 Å². The van der Waals surface area contributed by atoms with Crippen molar-refractivity contribution >= 4 is 23.2 Å². The van der Waals surface area contributed by atoms with E-state index in [1.165, 1.54) is 32.1 Å². The number of carbonyl (C=O) groups excluding carboxylic acids is 1. The number of carbonyl (C=O) groups is 1. The zero-order valence-electron chi connectivity index (χ0n) is 17.6.